The number of nitrogens with one attached hydrogen (secondary N) is 1. The molecule has 0 saturated carbocycles. The summed E-state index contributed by atoms with van der Waals surface area (Å²) >= 11 is 5.90. The summed E-state index contributed by atoms with van der Waals surface area (Å²) in [7, 11) is -7.33. The fraction of sp³-hybridized carbons (Fsp3) is 0.227. The lowest BCUT2D eigenvalue weighted by atomic mass is 9.98. The number of sulfonamides is 1. The summed E-state index contributed by atoms with van der Waals surface area (Å²) < 4.78 is 51.2. The highest BCUT2D eigenvalue weighted by atomic mass is 35.5. The van der Waals surface area contributed by atoms with Crippen LogP contribution in [0, 0.1) is 6.92 Å². The first-order chi connectivity index (χ1) is 14.8. The van der Waals surface area contributed by atoms with Crippen molar-refractivity contribution in [3.05, 3.63) is 88.2 Å². The molecule has 32 heavy (non-hydrogen) atoms. The Balaban J connectivity index is 2.11. The predicted octanol–water partition coefficient (Wildman–Crippen LogP) is 3.89. The molecular formula is C22H23ClN2O5S2. The Kier molecular flexibility index (Phi) is 6.29. The maximum Gasteiger partial charge on any atom is 0.260 e. The lowest BCUT2D eigenvalue weighted by Gasteiger charge is -2.32. The smallest absolute Gasteiger partial charge is 0.260 e. The molecule has 3 rings (SSSR count). The number of carbonyl (C=O) groups is 1. The minimum Gasteiger partial charge on any atom is -0.363 e. The van der Waals surface area contributed by atoms with E-state index in [2.05, 4.69) is 4.98 Å². The average Bonchev–Trinajstić information content (AvgIpc) is 3.27. The lowest BCUT2D eigenvalue weighted by molar-refractivity contribution is 0.103. The standard InChI is InChI=1S/C22H23ClN2O5S2/c1-15-7-12-18(14-19(15)21(26)16-8-10-17(23)11-9-16)25(3)32(29,30)22(2,31(4,27)28)20-6-5-13-24-20/h5-14,24H,1-4H3. The van der Waals surface area contributed by atoms with Crippen molar-refractivity contribution in [2.24, 2.45) is 0 Å². The Labute approximate surface area is 193 Å². The van der Waals surface area contributed by atoms with E-state index in [0.717, 1.165) is 17.5 Å². The van der Waals surface area contributed by atoms with E-state index in [9.17, 15) is 21.6 Å². The Morgan fingerprint density at radius 2 is 1.66 bits per heavy atom. The van der Waals surface area contributed by atoms with Crippen molar-refractivity contribution in [1.82, 2.24) is 4.98 Å². The Morgan fingerprint density at radius 1 is 1.03 bits per heavy atom. The van der Waals surface area contributed by atoms with Gasteiger partial charge in [0.1, 0.15) is 0 Å². The van der Waals surface area contributed by atoms with E-state index in [0.29, 0.717) is 21.7 Å². The number of aromatic nitrogens is 1. The van der Waals surface area contributed by atoms with Gasteiger partial charge in [0.15, 0.2) is 15.6 Å². The van der Waals surface area contributed by atoms with E-state index in [4.69, 9.17) is 11.6 Å². The van der Waals surface area contributed by atoms with Gasteiger partial charge in [0.2, 0.25) is 4.08 Å². The van der Waals surface area contributed by atoms with Gasteiger partial charge in [-0.05, 0) is 67.9 Å². The van der Waals surface area contributed by atoms with Crippen LogP contribution in [-0.2, 0) is 23.9 Å². The van der Waals surface area contributed by atoms with Crippen LogP contribution in [0.3, 0.4) is 0 Å². The molecule has 170 valence electrons. The Hall–Kier alpha value is -2.62. The van der Waals surface area contributed by atoms with E-state index >= 15 is 0 Å². The quantitative estimate of drug-likeness (QED) is 0.502. The molecule has 0 aliphatic heterocycles. The van der Waals surface area contributed by atoms with Crippen molar-refractivity contribution in [3.8, 4) is 0 Å². The number of sulfone groups is 1. The van der Waals surface area contributed by atoms with Gasteiger partial charge in [-0.1, -0.05) is 17.7 Å². The number of ketones is 1. The van der Waals surface area contributed by atoms with Crippen molar-refractivity contribution >= 4 is 42.9 Å². The molecule has 0 bridgehead atoms. The number of hydrogen-bond acceptors (Lipinski definition) is 5. The number of rotatable bonds is 7. The number of benzene rings is 2. The summed E-state index contributed by atoms with van der Waals surface area (Å²) in [5.74, 6) is -0.304. The summed E-state index contributed by atoms with van der Waals surface area (Å²) in [6.07, 6.45) is 2.34. The molecule has 0 spiro atoms. The molecule has 0 amide bonds. The van der Waals surface area contributed by atoms with Gasteiger partial charge in [-0.3, -0.25) is 9.10 Å². The average molecular weight is 495 g/mol. The molecule has 3 aromatic rings. The lowest BCUT2D eigenvalue weighted by Crippen LogP contribution is -2.48. The van der Waals surface area contributed by atoms with Crippen LogP contribution in [0.25, 0.3) is 0 Å². The minimum atomic E-state index is -4.47. The normalized spacial score (nSPS) is 14.0. The first-order valence-corrected chi connectivity index (χ1v) is 13.2. The van der Waals surface area contributed by atoms with Crippen molar-refractivity contribution in [2.45, 2.75) is 17.9 Å². The van der Waals surface area contributed by atoms with Gasteiger partial charge in [-0.2, -0.15) is 0 Å². The predicted molar refractivity (Wildman–Crippen MR) is 126 cm³/mol. The molecule has 7 nitrogen and oxygen atoms in total. The summed E-state index contributed by atoms with van der Waals surface area (Å²) in [6, 6.07) is 13.9. The van der Waals surface area contributed by atoms with Gasteiger partial charge < -0.3 is 4.98 Å². The fourth-order valence-electron chi connectivity index (χ4n) is 3.35. The number of aromatic amines is 1. The number of H-pyrrole nitrogens is 1. The molecular weight excluding hydrogens is 472 g/mol. The van der Waals surface area contributed by atoms with E-state index in [1.165, 1.54) is 37.5 Å². The highest BCUT2D eigenvalue weighted by molar-refractivity contribution is 8.09. The molecule has 1 N–H and O–H groups in total. The van der Waals surface area contributed by atoms with E-state index in [-0.39, 0.29) is 17.2 Å². The zero-order valence-corrected chi connectivity index (χ0v) is 20.3. The van der Waals surface area contributed by atoms with Crippen LogP contribution in [-0.4, -0.2) is 40.9 Å². The fourth-order valence-corrected chi connectivity index (χ4v) is 7.19. The van der Waals surface area contributed by atoms with Crippen LogP contribution in [0.15, 0.2) is 60.8 Å². The second-order valence-electron chi connectivity index (χ2n) is 7.61. The van der Waals surface area contributed by atoms with Crippen LogP contribution >= 0.6 is 11.6 Å². The van der Waals surface area contributed by atoms with Gasteiger partial charge in [-0.25, -0.2) is 16.8 Å². The third-order valence-electron chi connectivity index (χ3n) is 5.58. The summed E-state index contributed by atoms with van der Waals surface area (Å²) in [5, 5.41) is 0.488. The first-order valence-electron chi connectivity index (χ1n) is 9.53. The van der Waals surface area contributed by atoms with E-state index in [1.807, 2.05) is 0 Å². The first kappa shape index (κ1) is 24.0. The maximum absolute atomic E-state index is 13.6. The number of aryl methyl sites for hydroxylation is 1. The number of anilines is 1. The molecule has 2 aromatic carbocycles. The topological polar surface area (TPSA) is 104 Å². The van der Waals surface area contributed by atoms with Crippen molar-refractivity contribution in [1.29, 1.82) is 0 Å². The zero-order valence-electron chi connectivity index (χ0n) is 18.0. The third kappa shape index (κ3) is 3.96. The van der Waals surface area contributed by atoms with Crippen molar-refractivity contribution in [3.63, 3.8) is 0 Å². The molecule has 1 unspecified atom stereocenters. The molecule has 1 aromatic heterocycles. The summed E-state index contributed by atoms with van der Waals surface area (Å²) in [6.45, 7) is 2.88. The summed E-state index contributed by atoms with van der Waals surface area (Å²) in [5.41, 5.74) is 1.53. The van der Waals surface area contributed by atoms with Gasteiger partial charge in [0, 0.05) is 35.6 Å². The minimum absolute atomic E-state index is 0.0245. The number of halogens is 1. The van der Waals surface area contributed by atoms with Gasteiger partial charge in [0.05, 0.1) is 11.4 Å². The SMILES string of the molecule is Cc1ccc(N(C)S(=O)(=O)C(C)(c2ccc[nH]2)S(C)(=O)=O)cc1C(=O)c1ccc(Cl)cc1. The van der Waals surface area contributed by atoms with Crippen molar-refractivity contribution < 1.29 is 21.6 Å². The second kappa shape index (κ2) is 8.38. The molecule has 1 heterocycles. The van der Waals surface area contributed by atoms with Crippen LogP contribution < -0.4 is 4.31 Å². The molecule has 1 atom stereocenters. The van der Waals surface area contributed by atoms with Crippen LogP contribution in [0.2, 0.25) is 5.02 Å². The number of hydrogen-bond donors (Lipinski definition) is 1. The molecule has 0 aliphatic carbocycles. The van der Waals surface area contributed by atoms with Gasteiger partial charge >= 0.3 is 0 Å². The highest BCUT2D eigenvalue weighted by Crippen LogP contribution is 2.38. The zero-order chi connectivity index (χ0) is 23.9. The molecule has 0 saturated heterocycles. The molecule has 0 radical (unpaired) electrons. The summed E-state index contributed by atoms with van der Waals surface area (Å²) in [4.78, 5) is 15.7. The Bertz CT molecular complexity index is 1370. The highest BCUT2D eigenvalue weighted by Gasteiger charge is 2.53. The monoisotopic (exact) mass is 494 g/mol. The van der Waals surface area contributed by atoms with Gasteiger partial charge in [-0.15, -0.1) is 0 Å². The van der Waals surface area contributed by atoms with E-state index in [1.54, 1.807) is 37.3 Å². The molecule has 10 heteroatoms. The molecule has 0 aliphatic rings. The van der Waals surface area contributed by atoms with Crippen LogP contribution in [0.4, 0.5) is 5.69 Å². The second-order valence-corrected chi connectivity index (χ2v) is 13.0. The Morgan fingerprint density at radius 3 is 2.19 bits per heavy atom. The van der Waals surface area contributed by atoms with Crippen LogP contribution in [0.5, 0.6) is 0 Å². The largest absolute Gasteiger partial charge is 0.363 e. The number of carbonyl (C=O) groups excluding carboxylic acids is 1. The maximum atomic E-state index is 13.6. The van der Waals surface area contributed by atoms with Crippen molar-refractivity contribution in [2.75, 3.05) is 17.6 Å². The van der Waals surface area contributed by atoms with E-state index < -0.39 is 23.9 Å². The van der Waals surface area contributed by atoms with Gasteiger partial charge in [0.25, 0.3) is 10.0 Å². The third-order valence-corrected chi connectivity index (χ3v) is 11.1. The molecule has 0 fully saturated rings. The van der Waals surface area contributed by atoms with Crippen LogP contribution in [0.1, 0.15) is 34.1 Å². The number of nitrogens with zero attached hydrogens (tertiary/aromatic N) is 1.